The van der Waals surface area contributed by atoms with Crippen LogP contribution < -0.4 is 0 Å². The first-order valence-electron chi connectivity index (χ1n) is 15.9. The van der Waals surface area contributed by atoms with Crippen molar-refractivity contribution in [3.63, 3.8) is 0 Å². The molecule has 226 valence electrons. The molecule has 0 unspecified atom stereocenters. The van der Waals surface area contributed by atoms with Gasteiger partial charge in [0.2, 0.25) is 5.91 Å². The zero-order valence-corrected chi connectivity index (χ0v) is 27.0. The van der Waals surface area contributed by atoms with E-state index in [0.29, 0.717) is 18.0 Å². The molecule has 0 atom stereocenters. The lowest BCUT2D eigenvalue weighted by Crippen LogP contribution is -2.45. The number of nitrogens with zero attached hydrogens (tertiary/aromatic N) is 2. The number of aryl methyl sites for hydroxylation is 2. The number of hydrogen-bond donors (Lipinski definition) is 2. The lowest BCUT2D eigenvalue weighted by molar-refractivity contribution is -0.151. The molecule has 42 heavy (non-hydrogen) atoms. The van der Waals surface area contributed by atoms with Crippen LogP contribution in [0.5, 0.6) is 0 Å². The maximum absolute atomic E-state index is 13.9. The van der Waals surface area contributed by atoms with Crippen LogP contribution in [0.3, 0.4) is 0 Å². The molecule has 0 radical (unpaired) electrons. The van der Waals surface area contributed by atoms with E-state index in [0.717, 1.165) is 74.3 Å². The van der Waals surface area contributed by atoms with Crippen molar-refractivity contribution in [2.75, 3.05) is 19.6 Å². The van der Waals surface area contributed by atoms with Crippen molar-refractivity contribution in [3.8, 4) is 11.3 Å². The van der Waals surface area contributed by atoms with Crippen molar-refractivity contribution in [2.45, 2.75) is 104 Å². The molecule has 2 bridgehead atoms. The maximum atomic E-state index is 13.9. The number of thiophene rings is 1. The number of hydrogen-bond acceptors (Lipinski definition) is 4. The molecular formula is C35H47N3O3S. The highest BCUT2D eigenvalue weighted by molar-refractivity contribution is 7.19. The summed E-state index contributed by atoms with van der Waals surface area (Å²) in [6.45, 7) is 15.1. The molecule has 1 amide bonds. The monoisotopic (exact) mass is 589 g/mol. The molecule has 0 spiro atoms. The molecule has 2 aromatic heterocycles. The van der Waals surface area contributed by atoms with E-state index in [-0.39, 0.29) is 5.92 Å². The number of carbonyl (C=O) groups excluding carboxylic acids is 1. The molecule has 3 aromatic rings. The molecule has 2 N–H and O–H groups in total. The van der Waals surface area contributed by atoms with Crippen LogP contribution in [0, 0.1) is 25.2 Å². The summed E-state index contributed by atoms with van der Waals surface area (Å²) >= 11 is 1.75. The maximum Gasteiger partial charge on any atom is 0.309 e. The SMILES string of the molecule is Cc1cc(C)cc(-c2[nH]c3sc(C(C)(C)C(=O)N4C5CCC4CC5)cc3c2CCN2CCC(C(C)(C)C(=O)O)CC2)c1. The van der Waals surface area contributed by atoms with Crippen LogP contribution in [0.2, 0.25) is 0 Å². The molecule has 6 rings (SSSR count). The van der Waals surface area contributed by atoms with Gasteiger partial charge in [-0.1, -0.05) is 17.2 Å². The van der Waals surface area contributed by atoms with E-state index in [9.17, 15) is 14.7 Å². The largest absolute Gasteiger partial charge is 0.481 e. The van der Waals surface area contributed by atoms with E-state index < -0.39 is 16.8 Å². The van der Waals surface area contributed by atoms with Gasteiger partial charge in [0.05, 0.1) is 16.5 Å². The van der Waals surface area contributed by atoms with Gasteiger partial charge in [-0.3, -0.25) is 9.59 Å². The minimum absolute atomic E-state index is 0.209. The number of carboxylic acids is 1. The summed E-state index contributed by atoms with van der Waals surface area (Å²) in [4.78, 5) is 36.6. The van der Waals surface area contributed by atoms with E-state index in [1.807, 2.05) is 13.8 Å². The van der Waals surface area contributed by atoms with Crippen LogP contribution in [0.4, 0.5) is 0 Å². The first-order chi connectivity index (χ1) is 19.9. The molecule has 3 aliphatic heterocycles. The van der Waals surface area contributed by atoms with Gasteiger partial charge in [-0.25, -0.2) is 0 Å². The Morgan fingerprint density at radius 2 is 1.52 bits per heavy atom. The van der Waals surface area contributed by atoms with E-state index in [1.54, 1.807) is 11.3 Å². The summed E-state index contributed by atoms with van der Waals surface area (Å²) < 4.78 is 0. The number of amides is 1. The molecule has 5 heterocycles. The third-order valence-corrected chi connectivity index (χ3v) is 12.2. The van der Waals surface area contributed by atoms with Gasteiger partial charge >= 0.3 is 5.97 Å². The fraction of sp³-hybridized carbons (Fsp3) is 0.600. The number of aromatic nitrogens is 1. The molecule has 3 aliphatic rings. The highest BCUT2D eigenvalue weighted by atomic mass is 32.1. The van der Waals surface area contributed by atoms with Gasteiger partial charge in [-0.05, 0) is 135 Å². The molecule has 0 saturated carbocycles. The van der Waals surface area contributed by atoms with Crippen LogP contribution in [0.15, 0.2) is 24.3 Å². The number of piperidine rings is 1. The number of rotatable bonds is 8. The fourth-order valence-corrected chi connectivity index (χ4v) is 9.14. The third-order valence-electron chi connectivity index (χ3n) is 10.8. The second kappa shape index (κ2) is 10.8. The van der Waals surface area contributed by atoms with Gasteiger partial charge in [-0.2, -0.15) is 0 Å². The number of likely N-dealkylation sites (tertiary alicyclic amines) is 1. The van der Waals surface area contributed by atoms with Crippen LogP contribution in [0.25, 0.3) is 21.5 Å². The predicted molar refractivity (Wildman–Crippen MR) is 171 cm³/mol. The Hall–Kier alpha value is -2.64. The summed E-state index contributed by atoms with van der Waals surface area (Å²) in [6, 6.07) is 9.92. The summed E-state index contributed by atoms with van der Waals surface area (Å²) in [6.07, 6.45) is 7.39. The average Bonchev–Trinajstić information content (AvgIpc) is 3.71. The van der Waals surface area contributed by atoms with Crippen molar-refractivity contribution in [1.29, 1.82) is 0 Å². The van der Waals surface area contributed by atoms with Crippen LogP contribution >= 0.6 is 11.3 Å². The van der Waals surface area contributed by atoms with Gasteiger partial charge < -0.3 is 19.9 Å². The van der Waals surface area contributed by atoms with Crippen molar-refractivity contribution in [1.82, 2.24) is 14.8 Å². The number of benzene rings is 1. The minimum atomic E-state index is -0.694. The van der Waals surface area contributed by atoms with E-state index in [1.165, 1.54) is 33.3 Å². The molecule has 7 heteroatoms. The summed E-state index contributed by atoms with van der Waals surface area (Å²) in [5.74, 6) is -0.193. The zero-order valence-electron chi connectivity index (χ0n) is 26.2. The number of aromatic amines is 1. The number of H-pyrrole nitrogens is 1. The Morgan fingerprint density at radius 3 is 2.10 bits per heavy atom. The van der Waals surface area contributed by atoms with Gasteiger partial charge in [-0.15, -0.1) is 11.3 Å². The first kappa shape index (κ1) is 29.4. The van der Waals surface area contributed by atoms with Gasteiger partial charge in [0.1, 0.15) is 4.83 Å². The first-order valence-corrected chi connectivity index (χ1v) is 16.7. The molecule has 3 fully saturated rings. The second-order valence-corrected chi connectivity index (χ2v) is 15.5. The highest BCUT2D eigenvalue weighted by Crippen LogP contribution is 2.45. The quantitative estimate of drug-likeness (QED) is 0.289. The highest BCUT2D eigenvalue weighted by Gasteiger charge is 2.47. The summed E-state index contributed by atoms with van der Waals surface area (Å²) in [7, 11) is 0. The van der Waals surface area contributed by atoms with E-state index >= 15 is 0 Å². The van der Waals surface area contributed by atoms with Gasteiger partial charge in [0.25, 0.3) is 0 Å². The number of fused-ring (bicyclic) bond motifs is 3. The van der Waals surface area contributed by atoms with Crippen LogP contribution in [0.1, 0.15) is 87.8 Å². The topological polar surface area (TPSA) is 76.6 Å². The lowest BCUT2D eigenvalue weighted by Gasteiger charge is -2.38. The second-order valence-electron chi connectivity index (χ2n) is 14.4. The standard InChI is InChI=1S/C35H47N3O3S/c1-21-17-22(2)19-23(18-21)30-27(13-16-37-14-11-24(12-15-37)34(3,4)33(40)41)28-20-29(42-31(28)36-30)35(5,6)32(39)38-25-7-8-26(38)10-9-25/h17-20,24-26,36H,7-16H2,1-6H3,(H,40,41). The predicted octanol–water partition coefficient (Wildman–Crippen LogP) is 7.31. The Labute approximate surface area is 254 Å². The van der Waals surface area contributed by atoms with Crippen LogP contribution in [-0.2, 0) is 21.4 Å². The smallest absolute Gasteiger partial charge is 0.309 e. The summed E-state index contributed by atoms with van der Waals surface area (Å²) in [5.41, 5.74) is 5.02. The number of nitrogens with one attached hydrogen (secondary N) is 1. The average molecular weight is 590 g/mol. The molecule has 0 aliphatic carbocycles. The van der Waals surface area contributed by atoms with Gasteiger partial charge in [0, 0.05) is 28.9 Å². The van der Waals surface area contributed by atoms with E-state index in [2.05, 4.69) is 66.7 Å². The summed E-state index contributed by atoms with van der Waals surface area (Å²) in [5, 5.41) is 11.0. The third kappa shape index (κ3) is 5.11. The Balaban J connectivity index is 1.28. The minimum Gasteiger partial charge on any atom is -0.481 e. The lowest BCUT2D eigenvalue weighted by atomic mass is 9.74. The Morgan fingerprint density at radius 1 is 0.929 bits per heavy atom. The molecule has 6 nitrogen and oxygen atoms in total. The number of carboxylic acid groups (broad SMARTS) is 1. The molecular weight excluding hydrogens is 542 g/mol. The van der Waals surface area contributed by atoms with Crippen molar-refractivity contribution >= 4 is 33.4 Å². The number of carbonyl (C=O) groups is 2. The molecule has 1 aromatic carbocycles. The molecule has 3 saturated heterocycles. The zero-order chi connectivity index (χ0) is 30.0. The normalized spacial score (nSPS) is 22.0. The van der Waals surface area contributed by atoms with Crippen molar-refractivity contribution < 1.29 is 14.7 Å². The van der Waals surface area contributed by atoms with Crippen molar-refractivity contribution in [3.05, 3.63) is 45.8 Å². The Bertz CT molecular complexity index is 1470. The fourth-order valence-electron chi connectivity index (χ4n) is 7.96. The van der Waals surface area contributed by atoms with Gasteiger partial charge in [0.15, 0.2) is 0 Å². The number of aliphatic carboxylic acids is 1. The Kier molecular flexibility index (Phi) is 7.58. The van der Waals surface area contributed by atoms with Crippen LogP contribution in [-0.4, -0.2) is 63.5 Å². The van der Waals surface area contributed by atoms with E-state index in [4.69, 9.17) is 0 Å². The van der Waals surface area contributed by atoms with Crippen molar-refractivity contribution in [2.24, 2.45) is 11.3 Å².